The predicted molar refractivity (Wildman–Crippen MR) is 92.6 cm³/mol. The summed E-state index contributed by atoms with van der Waals surface area (Å²) in [6.07, 6.45) is 1.42. The van der Waals surface area contributed by atoms with Gasteiger partial charge >= 0.3 is 6.18 Å². The lowest BCUT2D eigenvalue weighted by molar-refractivity contribution is -0.137. The number of carbonyl (C=O) groups is 1. The van der Waals surface area contributed by atoms with E-state index in [1.54, 1.807) is 6.07 Å². The average molecular weight is 377 g/mol. The van der Waals surface area contributed by atoms with Gasteiger partial charge in [0.1, 0.15) is 0 Å². The van der Waals surface area contributed by atoms with E-state index >= 15 is 0 Å². The Morgan fingerprint density at radius 1 is 1.12 bits per heavy atom. The topological polar surface area (TPSA) is 55.1 Å². The Hall–Kier alpha value is -1.27. The minimum absolute atomic E-state index is 0. The fraction of sp³-hybridized carbons (Fsp3) is 0.611. The van der Waals surface area contributed by atoms with Crippen LogP contribution < -0.4 is 11.1 Å². The molecule has 7 heteroatoms. The molecule has 3 N–H and O–H groups in total. The van der Waals surface area contributed by atoms with E-state index in [9.17, 15) is 18.0 Å². The number of hydrogen-bond acceptors (Lipinski definition) is 2. The fourth-order valence-electron chi connectivity index (χ4n) is 3.85. The molecule has 1 amide bonds. The van der Waals surface area contributed by atoms with Gasteiger partial charge in [0.25, 0.3) is 0 Å². The second-order valence-electron chi connectivity index (χ2n) is 7.26. The third kappa shape index (κ3) is 3.95. The lowest BCUT2D eigenvalue weighted by Gasteiger charge is -2.43. The van der Waals surface area contributed by atoms with Crippen LogP contribution in [0.2, 0.25) is 0 Å². The van der Waals surface area contributed by atoms with E-state index in [-0.39, 0.29) is 18.3 Å². The molecule has 140 valence electrons. The zero-order chi connectivity index (χ0) is 17.4. The summed E-state index contributed by atoms with van der Waals surface area (Å²) in [4.78, 5) is 12.4. The molecular weight excluding hydrogens is 353 g/mol. The molecule has 0 aliphatic heterocycles. The molecule has 0 unspecified atom stereocenters. The normalized spacial score (nSPS) is 21.1. The molecule has 0 bridgehead atoms. The Balaban J connectivity index is 0.00000225. The van der Waals surface area contributed by atoms with Crippen LogP contribution in [0.4, 0.5) is 13.2 Å². The number of carbonyl (C=O) groups excluding carboxylic acids is 1. The summed E-state index contributed by atoms with van der Waals surface area (Å²) in [5.74, 6) is -0.168. The summed E-state index contributed by atoms with van der Waals surface area (Å²) in [6.45, 7) is 0.353. The summed E-state index contributed by atoms with van der Waals surface area (Å²) in [6, 6.07) is 5.48. The Bertz CT molecular complexity index is 623. The van der Waals surface area contributed by atoms with E-state index in [1.807, 2.05) is 0 Å². The SMILES string of the molecule is Cl.NC1(C(=O)NCC2(c3cccc(C(F)(F)F)c3)CCC2)CCCC1. The van der Waals surface area contributed by atoms with Crippen molar-refractivity contribution in [3.8, 4) is 0 Å². The first-order valence-corrected chi connectivity index (χ1v) is 8.50. The van der Waals surface area contributed by atoms with Gasteiger partial charge in [-0.1, -0.05) is 37.5 Å². The molecular formula is C18H24ClF3N2O. The van der Waals surface area contributed by atoms with Gasteiger partial charge in [-0.25, -0.2) is 0 Å². The van der Waals surface area contributed by atoms with Crippen molar-refractivity contribution in [2.75, 3.05) is 6.54 Å². The van der Waals surface area contributed by atoms with Gasteiger partial charge in [-0.05, 0) is 37.3 Å². The van der Waals surface area contributed by atoms with E-state index < -0.39 is 22.7 Å². The molecule has 0 saturated heterocycles. The maximum atomic E-state index is 13.0. The van der Waals surface area contributed by atoms with Gasteiger partial charge in [-0.3, -0.25) is 4.79 Å². The molecule has 25 heavy (non-hydrogen) atoms. The van der Waals surface area contributed by atoms with Crippen molar-refractivity contribution >= 4 is 18.3 Å². The second-order valence-corrected chi connectivity index (χ2v) is 7.26. The van der Waals surface area contributed by atoms with E-state index in [2.05, 4.69) is 5.32 Å². The highest BCUT2D eigenvalue weighted by Crippen LogP contribution is 2.44. The standard InChI is InChI=1S/C18H23F3N2O.ClH/c19-18(20,21)14-6-3-5-13(11-14)16(7-4-8-16)12-23-15(24)17(22)9-1-2-10-17;/h3,5-6,11H,1-2,4,7-10,12,22H2,(H,23,24);1H. The first-order valence-electron chi connectivity index (χ1n) is 8.50. The molecule has 0 spiro atoms. The predicted octanol–water partition coefficient (Wildman–Crippen LogP) is 3.94. The molecule has 2 fully saturated rings. The van der Waals surface area contributed by atoms with Crippen LogP contribution in [-0.4, -0.2) is 18.0 Å². The third-order valence-corrected chi connectivity index (χ3v) is 5.65. The quantitative estimate of drug-likeness (QED) is 0.836. The average Bonchev–Trinajstić information content (AvgIpc) is 2.93. The van der Waals surface area contributed by atoms with Crippen LogP contribution in [0.3, 0.4) is 0 Å². The third-order valence-electron chi connectivity index (χ3n) is 5.65. The van der Waals surface area contributed by atoms with Crippen LogP contribution in [0, 0.1) is 0 Å². The fourth-order valence-corrected chi connectivity index (χ4v) is 3.85. The molecule has 2 aliphatic carbocycles. The number of halogens is 4. The number of hydrogen-bond donors (Lipinski definition) is 2. The van der Waals surface area contributed by atoms with Crippen LogP contribution >= 0.6 is 12.4 Å². The van der Waals surface area contributed by atoms with Crippen molar-refractivity contribution in [2.24, 2.45) is 5.73 Å². The van der Waals surface area contributed by atoms with Crippen LogP contribution in [-0.2, 0) is 16.4 Å². The van der Waals surface area contributed by atoms with Gasteiger partial charge in [0.05, 0.1) is 11.1 Å². The van der Waals surface area contributed by atoms with Gasteiger partial charge in [0, 0.05) is 12.0 Å². The number of nitrogens with two attached hydrogens (primary N) is 1. The van der Waals surface area contributed by atoms with Crippen LogP contribution in [0.25, 0.3) is 0 Å². The zero-order valence-electron chi connectivity index (χ0n) is 14.0. The molecule has 1 aromatic rings. The highest BCUT2D eigenvalue weighted by molar-refractivity contribution is 5.86. The smallest absolute Gasteiger partial charge is 0.354 e. The highest BCUT2D eigenvalue weighted by Gasteiger charge is 2.43. The first-order chi connectivity index (χ1) is 11.3. The maximum absolute atomic E-state index is 13.0. The molecule has 3 rings (SSSR count). The summed E-state index contributed by atoms with van der Waals surface area (Å²) in [7, 11) is 0. The molecule has 2 saturated carbocycles. The Morgan fingerprint density at radius 2 is 1.76 bits per heavy atom. The minimum Gasteiger partial charge on any atom is -0.354 e. The van der Waals surface area contributed by atoms with Crippen LogP contribution in [0.5, 0.6) is 0 Å². The summed E-state index contributed by atoms with van der Waals surface area (Å²) >= 11 is 0. The number of alkyl halides is 3. The summed E-state index contributed by atoms with van der Waals surface area (Å²) in [5.41, 5.74) is 4.97. The van der Waals surface area contributed by atoms with Gasteiger partial charge in [0.15, 0.2) is 0 Å². The molecule has 0 heterocycles. The van der Waals surface area contributed by atoms with Crippen molar-refractivity contribution in [1.29, 1.82) is 0 Å². The first kappa shape index (κ1) is 20.0. The molecule has 0 atom stereocenters. The van der Waals surface area contributed by atoms with Gasteiger partial charge in [-0.2, -0.15) is 13.2 Å². The largest absolute Gasteiger partial charge is 0.416 e. The van der Waals surface area contributed by atoms with E-state index in [0.29, 0.717) is 24.9 Å². The van der Waals surface area contributed by atoms with E-state index in [4.69, 9.17) is 5.73 Å². The lowest BCUT2D eigenvalue weighted by Crippen LogP contribution is -2.55. The second kappa shape index (κ2) is 7.16. The molecule has 0 radical (unpaired) electrons. The van der Waals surface area contributed by atoms with Gasteiger partial charge in [-0.15, -0.1) is 12.4 Å². The minimum atomic E-state index is -4.35. The number of benzene rings is 1. The molecule has 0 aromatic heterocycles. The summed E-state index contributed by atoms with van der Waals surface area (Å²) in [5, 5.41) is 2.92. The van der Waals surface area contributed by atoms with Crippen molar-refractivity contribution in [3.05, 3.63) is 35.4 Å². The van der Waals surface area contributed by atoms with E-state index in [1.165, 1.54) is 12.1 Å². The van der Waals surface area contributed by atoms with Crippen molar-refractivity contribution in [2.45, 2.75) is 62.1 Å². The monoisotopic (exact) mass is 376 g/mol. The Kier molecular flexibility index (Phi) is 5.74. The van der Waals surface area contributed by atoms with Gasteiger partial charge < -0.3 is 11.1 Å². The van der Waals surface area contributed by atoms with Crippen LogP contribution in [0.1, 0.15) is 56.1 Å². The molecule has 1 aromatic carbocycles. The zero-order valence-corrected chi connectivity index (χ0v) is 14.8. The number of rotatable bonds is 4. The van der Waals surface area contributed by atoms with E-state index in [0.717, 1.165) is 38.2 Å². The lowest BCUT2D eigenvalue weighted by atomic mass is 9.64. The number of amides is 1. The van der Waals surface area contributed by atoms with Crippen molar-refractivity contribution < 1.29 is 18.0 Å². The number of nitrogens with one attached hydrogen (secondary N) is 1. The molecule has 2 aliphatic rings. The van der Waals surface area contributed by atoms with Crippen LogP contribution in [0.15, 0.2) is 24.3 Å². The highest BCUT2D eigenvalue weighted by atomic mass is 35.5. The Morgan fingerprint density at radius 3 is 2.28 bits per heavy atom. The van der Waals surface area contributed by atoms with Gasteiger partial charge in [0.2, 0.25) is 5.91 Å². The Labute approximate surface area is 152 Å². The maximum Gasteiger partial charge on any atom is 0.416 e. The van der Waals surface area contributed by atoms with Crippen molar-refractivity contribution in [1.82, 2.24) is 5.32 Å². The van der Waals surface area contributed by atoms with Crippen molar-refractivity contribution in [3.63, 3.8) is 0 Å². The summed E-state index contributed by atoms with van der Waals surface area (Å²) < 4.78 is 38.9. The molecule has 3 nitrogen and oxygen atoms in total.